The van der Waals surface area contributed by atoms with Gasteiger partial charge < -0.3 is 0 Å². The van der Waals surface area contributed by atoms with Crippen LogP contribution in [0.2, 0.25) is 0 Å². The van der Waals surface area contributed by atoms with E-state index < -0.39 is 4.92 Å². The molecule has 1 aromatic carbocycles. The lowest BCUT2D eigenvalue weighted by Crippen LogP contribution is -1.94. The van der Waals surface area contributed by atoms with Crippen molar-refractivity contribution in [2.24, 2.45) is 0 Å². The van der Waals surface area contributed by atoms with Gasteiger partial charge in [-0.15, -0.1) is 11.8 Å². The van der Waals surface area contributed by atoms with Crippen LogP contribution < -0.4 is 0 Å². The third-order valence-corrected chi connectivity index (χ3v) is 2.53. The molecule has 0 fully saturated rings. The molecule has 0 aliphatic heterocycles. The van der Waals surface area contributed by atoms with Crippen LogP contribution in [0.15, 0.2) is 23.1 Å². The van der Waals surface area contributed by atoms with Crippen molar-refractivity contribution in [1.29, 1.82) is 5.26 Å². The molecule has 4 nitrogen and oxygen atoms in total. The van der Waals surface area contributed by atoms with Crippen LogP contribution in [-0.2, 0) is 0 Å². The van der Waals surface area contributed by atoms with Crippen LogP contribution >= 0.6 is 11.8 Å². The molecular weight excluding hydrogens is 200 g/mol. The van der Waals surface area contributed by atoms with E-state index in [1.165, 1.54) is 17.8 Å². The van der Waals surface area contributed by atoms with Gasteiger partial charge in [-0.2, -0.15) is 5.26 Å². The highest BCUT2D eigenvalue weighted by atomic mass is 32.2. The molecule has 5 heteroatoms. The normalized spacial score (nSPS) is 9.43. The second kappa shape index (κ2) is 4.63. The van der Waals surface area contributed by atoms with Crippen molar-refractivity contribution in [3.05, 3.63) is 33.9 Å². The zero-order chi connectivity index (χ0) is 10.6. The van der Waals surface area contributed by atoms with Gasteiger partial charge in [0.05, 0.1) is 9.82 Å². The Labute approximate surface area is 85.7 Å². The first-order valence-electron chi connectivity index (χ1n) is 4.01. The van der Waals surface area contributed by atoms with E-state index in [9.17, 15) is 10.1 Å². The molecule has 0 bridgehead atoms. The zero-order valence-corrected chi connectivity index (χ0v) is 8.37. The van der Waals surface area contributed by atoms with Gasteiger partial charge in [0.25, 0.3) is 0 Å². The summed E-state index contributed by atoms with van der Waals surface area (Å²) in [5.41, 5.74) is 0.0373. The number of nitriles is 1. The Balaban J connectivity index is 3.30. The third kappa shape index (κ3) is 2.03. The molecule has 0 aliphatic carbocycles. The molecule has 72 valence electrons. The van der Waals surface area contributed by atoms with E-state index in [-0.39, 0.29) is 11.3 Å². The quantitative estimate of drug-likeness (QED) is 0.435. The van der Waals surface area contributed by atoms with Crippen LogP contribution in [0.4, 0.5) is 5.69 Å². The predicted molar refractivity (Wildman–Crippen MR) is 54.2 cm³/mol. The molecule has 0 saturated carbocycles. The van der Waals surface area contributed by atoms with E-state index in [2.05, 4.69) is 0 Å². The summed E-state index contributed by atoms with van der Waals surface area (Å²) >= 11 is 1.37. The summed E-state index contributed by atoms with van der Waals surface area (Å²) in [4.78, 5) is 10.8. The Morgan fingerprint density at radius 1 is 1.64 bits per heavy atom. The van der Waals surface area contributed by atoms with E-state index in [1.807, 2.05) is 13.0 Å². The first-order valence-corrected chi connectivity index (χ1v) is 4.99. The van der Waals surface area contributed by atoms with Gasteiger partial charge in [0.2, 0.25) is 0 Å². The molecule has 0 spiro atoms. The molecule has 0 atom stereocenters. The highest BCUT2D eigenvalue weighted by molar-refractivity contribution is 7.99. The fourth-order valence-corrected chi connectivity index (χ4v) is 1.88. The fourth-order valence-electron chi connectivity index (χ4n) is 1.07. The number of benzene rings is 1. The largest absolute Gasteiger partial charge is 0.300 e. The Hall–Kier alpha value is -1.54. The molecule has 0 amide bonds. The molecule has 0 radical (unpaired) electrons. The van der Waals surface area contributed by atoms with Crippen molar-refractivity contribution in [3.8, 4) is 6.07 Å². The molecule has 0 N–H and O–H groups in total. The average Bonchev–Trinajstić information content (AvgIpc) is 2.17. The first-order chi connectivity index (χ1) is 6.70. The van der Waals surface area contributed by atoms with Crippen molar-refractivity contribution in [1.82, 2.24) is 0 Å². The van der Waals surface area contributed by atoms with Crippen molar-refractivity contribution in [3.63, 3.8) is 0 Å². The number of nitro benzene ring substituents is 1. The van der Waals surface area contributed by atoms with Gasteiger partial charge >= 0.3 is 5.69 Å². The lowest BCUT2D eigenvalue weighted by Gasteiger charge is -2.01. The molecule has 14 heavy (non-hydrogen) atoms. The lowest BCUT2D eigenvalue weighted by molar-refractivity contribution is -0.388. The second-order valence-electron chi connectivity index (χ2n) is 2.45. The van der Waals surface area contributed by atoms with Gasteiger partial charge in [-0.25, -0.2) is 0 Å². The minimum absolute atomic E-state index is 0.0816. The smallest absolute Gasteiger partial charge is 0.258 e. The Morgan fingerprint density at radius 2 is 2.36 bits per heavy atom. The summed E-state index contributed by atoms with van der Waals surface area (Å²) in [6.45, 7) is 1.91. The van der Waals surface area contributed by atoms with Crippen LogP contribution in [0.5, 0.6) is 0 Å². The number of thioether (sulfide) groups is 1. The first kappa shape index (κ1) is 10.5. The molecule has 0 unspecified atom stereocenters. The maximum Gasteiger partial charge on any atom is 0.300 e. The maximum absolute atomic E-state index is 10.7. The fraction of sp³-hybridized carbons (Fsp3) is 0.222. The summed E-state index contributed by atoms with van der Waals surface area (Å²) in [5, 5.41) is 19.4. The van der Waals surface area contributed by atoms with Gasteiger partial charge in [-0.05, 0) is 17.9 Å². The van der Waals surface area contributed by atoms with E-state index in [0.29, 0.717) is 4.90 Å². The van der Waals surface area contributed by atoms with E-state index >= 15 is 0 Å². The molecule has 1 aromatic rings. The molecular formula is C9H8N2O2S. The van der Waals surface area contributed by atoms with Crippen molar-refractivity contribution >= 4 is 17.4 Å². The number of nitrogens with zero attached hydrogens (tertiary/aromatic N) is 2. The van der Waals surface area contributed by atoms with E-state index in [4.69, 9.17) is 5.26 Å². The minimum atomic E-state index is -0.503. The number of para-hydroxylation sites is 1. The van der Waals surface area contributed by atoms with Crippen molar-refractivity contribution in [2.75, 3.05) is 5.75 Å². The van der Waals surface area contributed by atoms with Gasteiger partial charge in [0.1, 0.15) is 11.6 Å². The van der Waals surface area contributed by atoms with Gasteiger partial charge in [0, 0.05) is 0 Å². The second-order valence-corrected chi connectivity index (χ2v) is 3.76. The standard InChI is InChI=1S/C9H8N2O2S/c1-2-14-8-5-3-4-7(6-10)9(8)11(12)13/h3-5H,2H2,1H3. The van der Waals surface area contributed by atoms with Crippen LogP contribution in [-0.4, -0.2) is 10.7 Å². The van der Waals surface area contributed by atoms with Crippen LogP contribution in [0.25, 0.3) is 0 Å². The monoisotopic (exact) mass is 208 g/mol. The topological polar surface area (TPSA) is 66.9 Å². The number of rotatable bonds is 3. The maximum atomic E-state index is 10.7. The summed E-state index contributed by atoms with van der Waals surface area (Å²) in [6.07, 6.45) is 0. The number of nitro groups is 1. The van der Waals surface area contributed by atoms with Crippen molar-refractivity contribution in [2.45, 2.75) is 11.8 Å². The SMILES string of the molecule is CCSc1cccc(C#N)c1[N+](=O)[O-]. The molecule has 0 aliphatic rings. The van der Waals surface area contributed by atoms with E-state index in [0.717, 1.165) is 5.75 Å². The van der Waals surface area contributed by atoms with Crippen LogP contribution in [0.3, 0.4) is 0 Å². The highest BCUT2D eigenvalue weighted by Crippen LogP contribution is 2.31. The van der Waals surface area contributed by atoms with E-state index in [1.54, 1.807) is 12.1 Å². The summed E-state index contributed by atoms with van der Waals surface area (Å²) < 4.78 is 0. The van der Waals surface area contributed by atoms with Crippen LogP contribution in [0, 0.1) is 21.4 Å². The van der Waals surface area contributed by atoms with Gasteiger partial charge in [0.15, 0.2) is 0 Å². The average molecular weight is 208 g/mol. The Kier molecular flexibility index (Phi) is 3.48. The molecule has 0 aromatic heterocycles. The summed E-state index contributed by atoms with van der Waals surface area (Å²) in [5.74, 6) is 0.746. The molecule has 0 heterocycles. The predicted octanol–water partition coefficient (Wildman–Crippen LogP) is 2.58. The van der Waals surface area contributed by atoms with Crippen molar-refractivity contribution < 1.29 is 4.92 Å². The van der Waals surface area contributed by atoms with Gasteiger partial charge in [-0.1, -0.05) is 13.0 Å². The lowest BCUT2D eigenvalue weighted by atomic mass is 10.2. The Bertz CT molecular complexity index is 398. The van der Waals surface area contributed by atoms with Gasteiger partial charge in [-0.3, -0.25) is 10.1 Å². The minimum Gasteiger partial charge on any atom is -0.258 e. The van der Waals surface area contributed by atoms with Crippen LogP contribution in [0.1, 0.15) is 12.5 Å². The third-order valence-electron chi connectivity index (χ3n) is 1.60. The Morgan fingerprint density at radius 3 is 2.86 bits per heavy atom. The summed E-state index contributed by atoms with van der Waals surface area (Å²) in [6, 6.07) is 6.59. The summed E-state index contributed by atoms with van der Waals surface area (Å²) in [7, 11) is 0. The molecule has 0 saturated heterocycles. The highest BCUT2D eigenvalue weighted by Gasteiger charge is 2.18. The number of hydrogen-bond acceptors (Lipinski definition) is 4. The zero-order valence-electron chi connectivity index (χ0n) is 7.56. The number of hydrogen-bond donors (Lipinski definition) is 0. The molecule has 1 rings (SSSR count).